The molecule has 0 aliphatic carbocycles. The molecule has 1 heterocycles. The summed E-state index contributed by atoms with van der Waals surface area (Å²) >= 11 is 0. The van der Waals surface area contributed by atoms with Gasteiger partial charge in [0.15, 0.2) is 0 Å². The molecule has 0 bridgehead atoms. The molecule has 1 atom stereocenters. The van der Waals surface area contributed by atoms with Gasteiger partial charge in [0.2, 0.25) is 0 Å². The summed E-state index contributed by atoms with van der Waals surface area (Å²) in [5.74, 6) is 0. The van der Waals surface area contributed by atoms with E-state index in [2.05, 4.69) is 5.32 Å². The standard InChI is InChI=1S/C9H16F3NO/c10-9(11,12)4-2-5-13-8-3-1-6-14-7-8/h8,13H,1-7H2. The minimum atomic E-state index is -4.02. The molecule has 1 rings (SSSR count). The summed E-state index contributed by atoms with van der Waals surface area (Å²) in [5.41, 5.74) is 0. The van der Waals surface area contributed by atoms with Gasteiger partial charge in [-0.1, -0.05) is 0 Å². The molecule has 1 fully saturated rings. The second-order valence-corrected chi connectivity index (χ2v) is 3.59. The van der Waals surface area contributed by atoms with Crippen molar-refractivity contribution in [2.75, 3.05) is 19.8 Å². The minimum Gasteiger partial charge on any atom is -0.380 e. The molecular weight excluding hydrogens is 195 g/mol. The van der Waals surface area contributed by atoms with E-state index in [-0.39, 0.29) is 12.5 Å². The first-order valence-electron chi connectivity index (χ1n) is 4.96. The molecular formula is C9H16F3NO. The van der Waals surface area contributed by atoms with Crippen LogP contribution < -0.4 is 5.32 Å². The number of ether oxygens (including phenoxy) is 1. The van der Waals surface area contributed by atoms with Gasteiger partial charge in [0, 0.05) is 19.1 Å². The zero-order valence-corrected chi connectivity index (χ0v) is 8.07. The number of hydrogen-bond acceptors (Lipinski definition) is 2. The molecule has 0 aromatic rings. The Morgan fingerprint density at radius 2 is 2.14 bits per heavy atom. The summed E-state index contributed by atoms with van der Waals surface area (Å²) in [6.45, 7) is 1.83. The van der Waals surface area contributed by atoms with Gasteiger partial charge in [-0.05, 0) is 25.8 Å². The van der Waals surface area contributed by atoms with Crippen molar-refractivity contribution >= 4 is 0 Å². The van der Waals surface area contributed by atoms with Crippen molar-refractivity contribution in [2.45, 2.75) is 37.9 Å². The minimum absolute atomic E-state index is 0.153. The maximum Gasteiger partial charge on any atom is 0.389 e. The fourth-order valence-corrected chi connectivity index (χ4v) is 1.50. The highest BCUT2D eigenvalue weighted by atomic mass is 19.4. The zero-order chi connectivity index (χ0) is 10.4. The average molecular weight is 211 g/mol. The van der Waals surface area contributed by atoms with Crippen LogP contribution in [0.3, 0.4) is 0 Å². The largest absolute Gasteiger partial charge is 0.389 e. The Morgan fingerprint density at radius 1 is 1.36 bits per heavy atom. The van der Waals surface area contributed by atoms with Gasteiger partial charge in [-0.3, -0.25) is 0 Å². The molecule has 2 nitrogen and oxygen atoms in total. The third kappa shape index (κ3) is 5.44. The first-order valence-corrected chi connectivity index (χ1v) is 4.96. The molecule has 0 aromatic heterocycles. The fraction of sp³-hybridized carbons (Fsp3) is 1.00. The van der Waals surface area contributed by atoms with Crippen LogP contribution in [0, 0.1) is 0 Å². The first kappa shape index (κ1) is 11.8. The maximum atomic E-state index is 11.8. The molecule has 1 N–H and O–H groups in total. The Balaban J connectivity index is 1.97. The molecule has 1 aliphatic rings. The fourth-order valence-electron chi connectivity index (χ4n) is 1.50. The summed E-state index contributed by atoms with van der Waals surface area (Å²) in [6, 6.07) is 0.247. The maximum absolute atomic E-state index is 11.8. The van der Waals surface area contributed by atoms with E-state index in [4.69, 9.17) is 4.74 Å². The molecule has 14 heavy (non-hydrogen) atoms. The highest BCUT2D eigenvalue weighted by Gasteiger charge is 2.26. The first-order chi connectivity index (χ1) is 6.58. The Bertz CT molecular complexity index is 155. The second-order valence-electron chi connectivity index (χ2n) is 3.59. The lowest BCUT2D eigenvalue weighted by Crippen LogP contribution is -2.37. The summed E-state index contributed by atoms with van der Waals surface area (Å²) in [4.78, 5) is 0. The van der Waals surface area contributed by atoms with Gasteiger partial charge in [0.25, 0.3) is 0 Å². The Hall–Kier alpha value is -0.290. The summed E-state index contributed by atoms with van der Waals surface area (Å²) in [6.07, 6.45) is -2.57. The van der Waals surface area contributed by atoms with Crippen molar-refractivity contribution in [2.24, 2.45) is 0 Å². The van der Waals surface area contributed by atoms with Crippen LogP contribution in [0.25, 0.3) is 0 Å². The SMILES string of the molecule is FC(F)(F)CCCNC1CCCOC1. The number of nitrogens with one attached hydrogen (secondary N) is 1. The second kappa shape index (κ2) is 5.56. The van der Waals surface area contributed by atoms with Crippen LogP contribution in [0.4, 0.5) is 13.2 Å². The third-order valence-electron chi connectivity index (χ3n) is 2.23. The lowest BCUT2D eigenvalue weighted by Gasteiger charge is -2.23. The van der Waals surface area contributed by atoms with Gasteiger partial charge < -0.3 is 10.1 Å². The van der Waals surface area contributed by atoms with Gasteiger partial charge in [0.1, 0.15) is 0 Å². The lowest BCUT2D eigenvalue weighted by atomic mass is 10.1. The average Bonchev–Trinajstić information content (AvgIpc) is 2.13. The van der Waals surface area contributed by atoms with Crippen LogP contribution in [-0.2, 0) is 4.74 Å². The van der Waals surface area contributed by atoms with Crippen LogP contribution in [0.2, 0.25) is 0 Å². The molecule has 5 heteroatoms. The van der Waals surface area contributed by atoms with Crippen LogP contribution in [0.15, 0.2) is 0 Å². The molecule has 0 spiro atoms. The Morgan fingerprint density at radius 3 is 2.71 bits per heavy atom. The molecule has 0 aromatic carbocycles. The Labute approximate surface area is 81.8 Å². The molecule has 0 amide bonds. The van der Waals surface area contributed by atoms with E-state index in [9.17, 15) is 13.2 Å². The number of alkyl halides is 3. The quantitative estimate of drug-likeness (QED) is 0.719. The van der Waals surface area contributed by atoms with Gasteiger partial charge in [-0.15, -0.1) is 0 Å². The van der Waals surface area contributed by atoms with E-state index in [0.29, 0.717) is 13.2 Å². The van der Waals surface area contributed by atoms with Crippen molar-refractivity contribution in [1.82, 2.24) is 5.32 Å². The van der Waals surface area contributed by atoms with Crippen molar-refractivity contribution in [1.29, 1.82) is 0 Å². The zero-order valence-electron chi connectivity index (χ0n) is 8.07. The van der Waals surface area contributed by atoms with Gasteiger partial charge >= 0.3 is 6.18 Å². The highest BCUT2D eigenvalue weighted by Crippen LogP contribution is 2.20. The normalized spacial score (nSPS) is 23.8. The summed E-state index contributed by atoms with van der Waals surface area (Å²) in [5, 5.41) is 3.07. The highest BCUT2D eigenvalue weighted by molar-refractivity contribution is 4.69. The Kier molecular flexibility index (Phi) is 4.68. The van der Waals surface area contributed by atoms with E-state index in [1.54, 1.807) is 0 Å². The van der Waals surface area contributed by atoms with Crippen molar-refractivity contribution in [3.8, 4) is 0 Å². The molecule has 84 valence electrons. The summed E-state index contributed by atoms with van der Waals surface area (Å²) < 4.78 is 40.5. The van der Waals surface area contributed by atoms with Crippen molar-refractivity contribution < 1.29 is 17.9 Å². The van der Waals surface area contributed by atoms with Crippen molar-refractivity contribution in [3.63, 3.8) is 0 Å². The van der Waals surface area contributed by atoms with E-state index in [1.165, 1.54) is 0 Å². The predicted molar refractivity (Wildman–Crippen MR) is 47.1 cm³/mol. The van der Waals surface area contributed by atoms with Crippen LogP contribution >= 0.6 is 0 Å². The van der Waals surface area contributed by atoms with Gasteiger partial charge in [-0.2, -0.15) is 13.2 Å². The topological polar surface area (TPSA) is 21.3 Å². The van der Waals surface area contributed by atoms with Gasteiger partial charge in [0.05, 0.1) is 6.61 Å². The molecule has 0 saturated carbocycles. The van der Waals surface area contributed by atoms with E-state index in [1.807, 2.05) is 0 Å². The van der Waals surface area contributed by atoms with E-state index < -0.39 is 12.6 Å². The smallest absolute Gasteiger partial charge is 0.380 e. The number of halogens is 3. The molecule has 1 unspecified atom stereocenters. The predicted octanol–water partition coefficient (Wildman–Crippen LogP) is 2.10. The summed E-state index contributed by atoms with van der Waals surface area (Å²) in [7, 11) is 0. The van der Waals surface area contributed by atoms with Gasteiger partial charge in [-0.25, -0.2) is 0 Å². The number of rotatable bonds is 4. The number of hydrogen-bond donors (Lipinski definition) is 1. The molecule has 1 saturated heterocycles. The van der Waals surface area contributed by atoms with Crippen LogP contribution in [0.1, 0.15) is 25.7 Å². The lowest BCUT2D eigenvalue weighted by molar-refractivity contribution is -0.135. The molecule has 0 radical (unpaired) electrons. The van der Waals surface area contributed by atoms with E-state index >= 15 is 0 Å². The van der Waals surface area contributed by atoms with Crippen LogP contribution in [-0.4, -0.2) is 32.0 Å². The van der Waals surface area contributed by atoms with Crippen LogP contribution in [0.5, 0.6) is 0 Å². The molecule has 1 aliphatic heterocycles. The van der Waals surface area contributed by atoms with Crippen molar-refractivity contribution in [3.05, 3.63) is 0 Å². The van der Waals surface area contributed by atoms with E-state index in [0.717, 1.165) is 19.4 Å². The monoisotopic (exact) mass is 211 g/mol. The third-order valence-corrected chi connectivity index (χ3v) is 2.23.